The molecule has 39 heavy (non-hydrogen) atoms. The van der Waals surface area contributed by atoms with E-state index in [9.17, 15) is 9.59 Å². The topological polar surface area (TPSA) is 125 Å². The molecule has 0 radical (unpaired) electrons. The Hall–Kier alpha value is -4.22. The van der Waals surface area contributed by atoms with Crippen LogP contribution in [0.1, 0.15) is 44.1 Å². The van der Waals surface area contributed by atoms with E-state index in [-0.39, 0.29) is 17.5 Å². The summed E-state index contributed by atoms with van der Waals surface area (Å²) < 4.78 is 10.8. The van der Waals surface area contributed by atoms with E-state index in [0.717, 1.165) is 35.6 Å². The van der Waals surface area contributed by atoms with Crippen LogP contribution < -0.4 is 20.1 Å². The molecule has 2 bridgehead atoms. The third-order valence-electron chi connectivity index (χ3n) is 7.36. The maximum Gasteiger partial charge on any atom is 0.335 e. The summed E-state index contributed by atoms with van der Waals surface area (Å²) in [5.74, 6) is 0.715. The van der Waals surface area contributed by atoms with Crippen molar-refractivity contribution in [2.45, 2.75) is 24.5 Å². The number of aromatic nitrogens is 1. The number of carbonyl (C=O) groups excluding carboxylic acids is 1. The summed E-state index contributed by atoms with van der Waals surface area (Å²) in [6.45, 7) is 1.43. The number of nitrogens with zero attached hydrogens (tertiary/aromatic N) is 3. The molecule has 2 atom stereocenters. The van der Waals surface area contributed by atoms with Gasteiger partial charge in [-0.05, 0) is 54.5 Å². The largest absolute Gasteiger partial charge is 0.493 e. The molecular weight excluding hydrogens is 518 g/mol. The first kappa shape index (κ1) is 25.1. The van der Waals surface area contributed by atoms with E-state index in [1.807, 2.05) is 23.7 Å². The predicted molar refractivity (Wildman–Crippen MR) is 148 cm³/mol. The maximum atomic E-state index is 12.8. The fraction of sp³-hybridized carbons (Fsp3) is 0.286. The Morgan fingerprint density at radius 1 is 1.10 bits per heavy atom. The summed E-state index contributed by atoms with van der Waals surface area (Å²) in [6.07, 6.45) is 3.77. The van der Waals surface area contributed by atoms with Gasteiger partial charge in [0.15, 0.2) is 17.3 Å². The van der Waals surface area contributed by atoms with Crippen LogP contribution in [0.15, 0.2) is 59.0 Å². The zero-order chi connectivity index (χ0) is 27.1. The average molecular weight is 546 g/mol. The molecule has 1 aliphatic carbocycles. The molecule has 1 amide bonds. The summed E-state index contributed by atoms with van der Waals surface area (Å²) in [4.78, 5) is 37.2. The summed E-state index contributed by atoms with van der Waals surface area (Å²) in [5, 5.41) is 15.7. The number of nitrogens with one attached hydrogen (secondary N) is 2. The number of carbonyl (C=O) groups is 2. The second-order valence-electron chi connectivity index (χ2n) is 9.70. The molecule has 0 saturated carbocycles. The molecule has 200 valence electrons. The molecule has 2 aromatic carbocycles. The Labute approximate surface area is 229 Å². The second-order valence-corrected chi connectivity index (χ2v) is 10.6. The van der Waals surface area contributed by atoms with Gasteiger partial charge in [-0.15, -0.1) is 11.3 Å². The van der Waals surface area contributed by atoms with Gasteiger partial charge in [0.25, 0.3) is 5.91 Å². The van der Waals surface area contributed by atoms with Gasteiger partial charge in [0.2, 0.25) is 0 Å². The molecular formula is C28H27N5O5S. The highest BCUT2D eigenvalue weighted by molar-refractivity contribution is 7.11. The quantitative estimate of drug-likeness (QED) is 0.410. The maximum absolute atomic E-state index is 12.8. The lowest BCUT2D eigenvalue weighted by atomic mass is 9.85. The standard InChI is InChI=1S/C28H27N5O5S/c1-37-21-8-7-19(11-22(21)38-2)30-25-23-24(39-15-29-23)18-12-28(13-18,32-25)33-10-9-20(14-33)31-26(34)16-3-5-17(6-4-16)27(35)36/h3-8,11-12,15,20H,9-10,13-14H2,1-2H3,(H,30,32)(H,31,34)(H,35,36). The summed E-state index contributed by atoms with van der Waals surface area (Å²) in [6, 6.07) is 11.6. The van der Waals surface area contributed by atoms with Gasteiger partial charge in [-0.3, -0.25) is 9.69 Å². The van der Waals surface area contributed by atoms with E-state index >= 15 is 0 Å². The highest BCUT2D eigenvalue weighted by Gasteiger charge is 2.48. The molecule has 1 aromatic heterocycles. The number of hydrogen-bond donors (Lipinski definition) is 3. The van der Waals surface area contributed by atoms with Gasteiger partial charge in [0.05, 0.1) is 30.2 Å². The number of aliphatic imine (C=N–C) groups is 1. The number of likely N-dealkylation sites (tertiary alicyclic amines) is 1. The zero-order valence-corrected chi connectivity index (χ0v) is 22.2. The monoisotopic (exact) mass is 545 g/mol. The molecule has 0 spiro atoms. The van der Waals surface area contributed by atoms with Crippen LogP contribution in [0.4, 0.5) is 5.69 Å². The SMILES string of the molecule is COc1ccc(NC2=NC3(N4CCC(NC(=O)c5ccc(C(=O)O)cc5)C4)C=C(C3)c3scnc32)cc1OC. The number of aromatic carboxylic acids is 1. The molecule has 3 aromatic rings. The molecule has 4 heterocycles. The van der Waals surface area contributed by atoms with Crippen LogP contribution in [-0.2, 0) is 0 Å². The number of amidine groups is 1. The van der Waals surface area contributed by atoms with E-state index in [2.05, 4.69) is 26.6 Å². The van der Waals surface area contributed by atoms with Crippen LogP contribution >= 0.6 is 11.3 Å². The van der Waals surface area contributed by atoms with Crippen molar-refractivity contribution in [3.63, 3.8) is 0 Å². The van der Waals surface area contributed by atoms with E-state index in [1.54, 1.807) is 25.6 Å². The van der Waals surface area contributed by atoms with Crippen LogP contribution in [0, 0.1) is 0 Å². The molecule has 7 rings (SSSR count). The van der Waals surface area contributed by atoms with Crippen LogP contribution in [0.2, 0.25) is 0 Å². The molecule has 10 nitrogen and oxygen atoms in total. The Kier molecular flexibility index (Phi) is 6.32. The molecule has 11 heteroatoms. The Morgan fingerprint density at radius 2 is 1.85 bits per heavy atom. The van der Waals surface area contributed by atoms with Crippen LogP contribution in [0.5, 0.6) is 11.5 Å². The molecule has 3 N–H and O–H groups in total. The Bertz CT molecular complexity index is 1510. The van der Waals surface area contributed by atoms with Crippen molar-refractivity contribution in [2.75, 3.05) is 32.6 Å². The highest BCUT2D eigenvalue weighted by Crippen LogP contribution is 2.48. The first-order chi connectivity index (χ1) is 18.9. The lowest BCUT2D eigenvalue weighted by molar-refractivity contribution is 0.0696. The number of rotatable bonds is 7. The fourth-order valence-corrected chi connectivity index (χ4v) is 6.12. The van der Waals surface area contributed by atoms with Gasteiger partial charge in [-0.1, -0.05) is 0 Å². The van der Waals surface area contributed by atoms with Crippen molar-refractivity contribution < 1.29 is 24.2 Å². The molecule has 4 aliphatic rings. The lowest BCUT2D eigenvalue weighted by Crippen LogP contribution is -2.50. The number of benzene rings is 2. The lowest BCUT2D eigenvalue weighted by Gasteiger charge is -2.42. The average Bonchev–Trinajstić information content (AvgIpc) is 3.56. The normalized spacial score (nSPS) is 21.5. The number of carboxylic acid groups (broad SMARTS) is 1. The van der Waals surface area contributed by atoms with Crippen LogP contribution in [0.25, 0.3) is 5.57 Å². The molecule has 3 aliphatic heterocycles. The number of ether oxygens (including phenoxy) is 2. The first-order valence-corrected chi connectivity index (χ1v) is 13.4. The van der Waals surface area contributed by atoms with Crippen molar-refractivity contribution in [2.24, 2.45) is 4.99 Å². The van der Waals surface area contributed by atoms with Crippen molar-refractivity contribution in [3.05, 3.63) is 75.7 Å². The van der Waals surface area contributed by atoms with Gasteiger partial charge in [0, 0.05) is 42.9 Å². The van der Waals surface area contributed by atoms with Gasteiger partial charge < -0.3 is 25.2 Å². The summed E-state index contributed by atoms with van der Waals surface area (Å²) in [7, 11) is 3.21. The zero-order valence-electron chi connectivity index (χ0n) is 21.4. The van der Waals surface area contributed by atoms with Gasteiger partial charge in [-0.25, -0.2) is 14.8 Å². The number of amides is 1. The fourth-order valence-electron chi connectivity index (χ4n) is 5.31. The number of hydrogen-bond acceptors (Lipinski definition) is 9. The van der Waals surface area contributed by atoms with Crippen molar-refractivity contribution in [1.29, 1.82) is 0 Å². The summed E-state index contributed by atoms with van der Waals surface area (Å²) >= 11 is 1.61. The van der Waals surface area contributed by atoms with E-state index in [0.29, 0.717) is 29.4 Å². The molecule has 1 saturated heterocycles. The minimum absolute atomic E-state index is 0.0450. The minimum Gasteiger partial charge on any atom is -0.493 e. The smallest absolute Gasteiger partial charge is 0.335 e. The molecule has 1 fully saturated rings. The third kappa shape index (κ3) is 4.53. The van der Waals surface area contributed by atoms with E-state index in [1.165, 1.54) is 29.8 Å². The predicted octanol–water partition coefficient (Wildman–Crippen LogP) is 3.72. The van der Waals surface area contributed by atoms with Gasteiger partial charge in [0.1, 0.15) is 11.4 Å². The highest BCUT2D eigenvalue weighted by atomic mass is 32.1. The number of carboxylic acids is 1. The second kappa shape index (κ2) is 9.83. The van der Waals surface area contributed by atoms with Gasteiger partial charge in [-0.2, -0.15) is 0 Å². The van der Waals surface area contributed by atoms with Crippen molar-refractivity contribution >= 4 is 40.3 Å². The van der Waals surface area contributed by atoms with E-state index < -0.39 is 11.6 Å². The number of anilines is 1. The van der Waals surface area contributed by atoms with E-state index in [4.69, 9.17) is 19.6 Å². The van der Waals surface area contributed by atoms with Crippen LogP contribution in [0.3, 0.4) is 0 Å². The third-order valence-corrected chi connectivity index (χ3v) is 8.26. The van der Waals surface area contributed by atoms with Gasteiger partial charge >= 0.3 is 5.97 Å². The minimum atomic E-state index is -1.02. The Morgan fingerprint density at radius 3 is 2.56 bits per heavy atom. The van der Waals surface area contributed by atoms with Crippen LogP contribution in [-0.4, -0.2) is 71.7 Å². The number of thiazole rings is 1. The van der Waals surface area contributed by atoms with Crippen molar-refractivity contribution in [1.82, 2.24) is 15.2 Å². The summed E-state index contributed by atoms with van der Waals surface area (Å²) in [5.41, 5.74) is 4.78. The molecule has 2 unspecified atom stereocenters. The Balaban J connectivity index is 1.21. The van der Waals surface area contributed by atoms with Crippen molar-refractivity contribution in [3.8, 4) is 11.5 Å². The number of methoxy groups -OCH3 is 2. The first-order valence-electron chi connectivity index (χ1n) is 12.5.